The van der Waals surface area contributed by atoms with Crippen LogP contribution in [-0.2, 0) is 7.05 Å². The monoisotopic (exact) mass is 449 g/mol. The average Bonchev–Trinajstić information content (AvgIpc) is 3.02. The number of halogens is 1. The molecule has 0 unspecified atom stereocenters. The zero-order chi connectivity index (χ0) is 21.5. The Hall–Kier alpha value is -1.77. The Bertz CT molecular complexity index is 990. The third-order valence-corrected chi connectivity index (χ3v) is 8.34. The third kappa shape index (κ3) is 3.69. The van der Waals surface area contributed by atoms with Gasteiger partial charge in [0.1, 0.15) is 5.02 Å². The van der Waals surface area contributed by atoms with Crippen molar-refractivity contribution in [1.29, 1.82) is 0 Å². The van der Waals surface area contributed by atoms with Gasteiger partial charge >= 0.3 is 0 Å². The van der Waals surface area contributed by atoms with E-state index >= 15 is 0 Å². The zero-order valence-electron chi connectivity index (χ0n) is 17.6. The van der Waals surface area contributed by atoms with Gasteiger partial charge in [-0.3, -0.25) is 9.36 Å². The minimum absolute atomic E-state index is 0.0941. The molecular weight excluding hydrogens is 422 g/mol. The van der Waals surface area contributed by atoms with Crippen molar-refractivity contribution in [2.75, 3.05) is 25.1 Å². The molecule has 162 valence electrons. The smallest absolute Gasteiger partial charge is 0.268 e. The molecule has 1 saturated heterocycles. The standard InChI is InChI=1S/C21H28ClN5O2S/c1-13-4-6-21(17(13)23)7-10-27(11-8-21)20-25-12-15(19(28)26(20)2)30-14-5-9-24-18(29-3)16(14)22/h5,9,12-13,17H,4,6-8,10-11,23H2,1-3H3/t13-,17-/m1/s1. The number of aromatic nitrogens is 3. The van der Waals surface area contributed by atoms with E-state index in [2.05, 4.69) is 21.8 Å². The number of pyridine rings is 1. The lowest BCUT2D eigenvalue weighted by atomic mass is 9.73. The third-order valence-electron chi connectivity index (χ3n) is 6.81. The summed E-state index contributed by atoms with van der Waals surface area (Å²) < 4.78 is 6.79. The molecule has 1 aliphatic carbocycles. The maximum Gasteiger partial charge on any atom is 0.268 e. The highest BCUT2D eigenvalue weighted by atomic mass is 35.5. The minimum Gasteiger partial charge on any atom is -0.480 e. The summed E-state index contributed by atoms with van der Waals surface area (Å²) in [7, 11) is 3.29. The summed E-state index contributed by atoms with van der Waals surface area (Å²) in [6, 6.07) is 2.04. The number of nitrogens with zero attached hydrogens (tertiary/aromatic N) is 4. The van der Waals surface area contributed by atoms with Gasteiger partial charge in [-0.25, -0.2) is 9.97 Å². The summed E-state index contributed by atoms with van der Waals surface area (Å²) in [5, 5.41) is 0.389. The van der Waals surface area contributed by atoms with Gasteiger partial charge < -0.3 is 15.4 Å². The van der Waals surface area contributed by atoms with Crippen molar-refractivity contribution < 1.29 is 4.74 Å². The van der Waals surface area contributed by atoms with Crippen molar-refractivity contribution in [1.82, 2.24) is 14.5 Å². The first-order valence-electron chi connectivity index (χ1n) is 10.3. The van der Waals surface area contributed by atoms with Crippen molar-refractivity contribution in [3.63, 3.8) is 0 Å². The van der Waals surface area contributed by atoms with E-state index in [-0.39, 0.29) is 17.0 Å². The zero-order valence-corrected chi connectivity index (χ0v) is 19.2. The van der Waals surface area contributed by atoms with E-state index < -0.39 is 0 Å². The molecule has 2 atom stereocenters. The fourth-order valence-corrected chi connectivity index (χ4v) is 6.00. The Morgan fingerprint density at radius 1 is 1.27 bits per heavy atom. The van der Waals surface area contributed by atoms with Crippen LogP contribution in [0.2, 0.25) is 5.02 Å². The molecule has 7 nitrogen and oxygen atoms in total. The molecular formula is C21H28ClN5O2S. The van der Waals surface area contributed by atoms with E-state index in [0.717, 1.165) is 25.9 Å². The topological polar surface area (TPSA) is 86.3 Å². The summed E-state index contributed by atoms with van der Waals surface area (Å²) >= 11 is 7.60. The quantitative estimate of drug-likeness (QED) is 0.765. The Labute approximate surface area is 186 Å². The predicted octanol–water partition coefficient (Wildman–Crippen LogP) is 3.33. The van der Waals surface area contributed by atoms with Crippen molar-refractivity contribution in [3.8, 4) is 5.88 Å². The van der Waals surface area contributed by atoms with E-state index in [9.17, 15) is 4.79 Å². The molecule has 2 aromatic heterocycles. The maximum absolute atomic E-state index is 13.0. The van der Waals surface area contributed by atoms with Gasteiger partial charge in [0.2, 0.25) is 11.8 Å². The molecule has 2 aliphatic rings. The highest BCUT2D eigenvalue weighted by molar-refractivity contribution is 7.99. The van der Waals surface area contributed by atoms with Crippen LogP contribution in [0, 0.1) is 11.3 Å². The minimum atomic E-state index is -0.0941. The van der Waals surface area contributed by atoms with Gasteiger partial charge in [-0.05, 0) is 43.1 Å². The lowest BCUT2D eigenvalue weighted by Gasteiger charge is -2.43. The van der Waals surface area contributed by atoms with Gasteiger partial charge in [0, 0.05) is 37.3 Å². The molecule has 30 heavy (non-hydrogen) atoms. The number of rotatable bonds is 4. The summed E-state index contributed by atoms with van der Waals surface area (Å²) in [4.78, 5) is 25.1. The van der Waals surface area contributed by atoms with Gasteiger partial charge in [0.25, 0.3) is 5.56 Å². The summed E-state index contributed by atoms with van der Waals surface area (Å²) in [6.07, 6.45) is 7.78. The molecule has 2 aromatic rings. The molecule has 9 heteroatoms. The molecule has 0 bridgehead atoms. The summed E-state index contributed by atoms with van der Waals surface area (Å²) in [5.41, 5.74) is 6.69. The van der Waals surface area contributed by atoms with Crippen LogP contribution in [0.5, 0.6) is 5.88 Å². The molecule has 1 aliphatic heterocycles. The number of methoxy groups -OCH3 is 1. The largest absolute Gasteiger partial charge is 0.480 e. The second kappa shape index (κ2) is 8.40. The van der Waals surface area contributed by atoms with Crippen LogP contribution in [0.4, 0.5) is 5.95 Å². The Kier molecular flexibility index (Phi) is 6.01. The molecule has 1 saturated carbocycles. The molecule has 1 spiro atoms. The van der Waals surface area contributed by atoms with Crippen molar-refractivity contribution in [2.45, 2.75) is 48.4 Å². The van der Waals surface area contributed by atoms with Gasteiger partial charge in [-0.1, -0.05) is 30.3 Å². The summed E-state index contributed by atoms with van der Waals surface area (Å²) in [5.74, 6) is 1.64. The molecule has 0 amide bonds. The fraction of sp³-hybridized carbons (Fsp3) is 0.571. The van der Waals surface area contributed by atoms with Crippen LogP contribution in [0.25, 0.3) is 0 Å². The van der Waals surface area contributed by atoms with Crippen molar-refractivity contribution in [2.24, 2.45) is 24.1 Å². The molecule has 0 aromatic carbocycles. The number of hydrogen-bond acceptors (Lipinski definition) is 7. The van der Waals surface area contributed by atoms with E-state index in [0.29, 0.717) is 32.6 Å². The van der Waals surface area contributed by atoms with Crippen LogP contribution in [0.3, 0.4) is 0 Å². The number of hydrogen-bond donors (Lipinski definition) is 1. The van der Waals surface area contributed by atoms with Crippen molar-refractivity contribution in [3.05, 3.63) is 33.8 Å². The summed E-state index contributed by atoms with van der Waals surface area (Å²) in [6.45, 7) is 4.01. The van der Waals surface area contributed by atoms with Crippen LogP contribution >= 0.6 is 23.4 Å². The molecule has 2 N–H and O–H groups in total. The number of ether oxygens (including phenoxy) is 1. The lowest BCUT2D eigenvalue weighted by Crippen LogP contribution is -2.49. The number of anilines is 1. The lowest BCUT2D eigenvalue weighted by molar-refractivity contribution is 0.185. The Morgan fingerprint density at radius 3 is 2.63 bits per heavy atom. The van der Waals surface area contributed by atoms with E-state index in [1.54, 1.807) is 30.1 Å². The SMILES string of the molecule is COc1nccc(Sc2cnc(N3CCC4(CC[C@@H](C)[C@H]4N)CC3)n(C)c2=O)c1Cl. The van der Waals surface area contributed by atoms with Crippen molar-refractivity contribution >= 4 is 29.3 Å². The van der Waals surface area contributed by atoms with Gasteiger partial charge in [-0.15, -0.1) is 0 Å². The number of piperidine rings is 1. The molecule has 3 heterocycles. The number of nitrogens with two attached hydrogens (primary N) is 1. The maximum atomic E-state index is 13.0. The van der Waals surface area contributed by atoms with Crippen LogP contribution in [-0.4, -0.2) is 40.8 Å². The molecule has 0 radical (unpaired) electrons. The highest BCUT2D eigenvalue weighted by Crippen LogP contribution is 2.48. The van der Waals surface area contributed by atoms with E-state index in [4.69, 9.17) is 22.1 Å². The van der Waals surface area contributed by atoms with Gasteiger partial charge in [0.05, 0.1) is 18.2 Å². The highest BCUT2D eigenvalue weighted by Gasteiger charge is 2.46. The Balaban J connectivity index is 1.52. The van der Waals surface area contributed by atoms with E-state index in [1.807, 2.05) is 0 Å². The second-order valence-electron chi connectivity index (χ2n) is 8.41. The normalized spacial score (nSPS) is 23.2. The fourth-order valence-electron chi connectivity index (χ4n) is 4.83. The first-order valence-corrected chi connectivity index (χ1v) is 11.5. The molecule has 2 fully saturated rings. The van der Waals surface area contributed by atoms with Crippen LogP contribution < -0.4 is 20.9 Å². The van der Waals surface area contributed by atoms with Crippen LogP contribution in [0.15, 0.2) is 33.0 Å². The second-order valence-corrected chi connectivity index (χ2v) is 9.87. The first-order chi connectivity index (χ1) is 14.4. The predicted molar refractivity (Wildman–Crippen MR) is 120 cm³/mol. The van der Waals surface area contributed by atoms with Gasteiger partial charge in [-0.2, -0.15) is 0 Å². The average molecular weight is 450 g/mol. The first kappa shape index (κ1) is 21.5. The van der Waals surface area contributed by atoms with E-state index in [1.165, 1.54) is 31.7 Å². The van der Waals surface area contributed by atoms with Gasteiger partial charge in [0.15, 0.2) is 0 Å². The van der Waals surface area contributed by atoms with Crippen LogP contribution in [0.1, 0.15) is 32.6 Å². The Morgan fingerprint density at radius 2 is 2.00 bits per heavy atom. The molecule has 4 rings (SSSR count).